The number of fused-ring (bicyclic) bond motifs is 1. The van der Waals surface area contributed by atoms with E-state index in [0.29, 0.717) is 10.8 Å². The maximum absolute atomic E-state index is 12.5. The average Bonchev–Trinajstić information content (AvgIpc) is 2.69. The summed E-state index contributed by atoms with van der Waals surface area (Å²) in [5.41, 5.74) is 1.13. The molecule has 152 valence electrons. The van der Waals surface area contributed by atoms with Gasteiger partial charge in [0.1, 0.15) is 12.3 Å². The Hall–Kier alpha value is -2.77. The van der Waals surface area contributed by atoms with E-state index >= 15 is 0 Å². The Morgan fingerprint density at radius 1 is 1.07 bits per heavy atom. The van der Waals surface area contributed by atoms with Crippen molar-refractivity contribution < 1.29 is 17.9 Å². The van der Waals surface area contributed by atoms with Gasteiger partial charge < -0.3 is 10.1 Å². The van der Waals surface area contributed by atoms with E-state index in [1.165, 1.54) is 13.2 Å². The fraction of sp³-hybridized carbons (Fsp3) is 0.190. The second kappa shape index (κ2) is 8.71. The lowest BCUT2D eigenvalue weighted by molar-refractivity contribution is -0.119. The Kier molecular flexibility index (Phi) is 6.30. The van der Waals surface area contributed by atoms with Gasteiger partial charge in [-0.15, -0.1) is 0 Å². The lowest BCUT2D eigenvalue weighted by Crippen LogP contribution is -2.40. The third-order valence-electron chi connectivity index (χ3n) is 4.40. The zero-order valence-corrected chi connectivity index (χ0v) is 17.6. The third-order valence-corrected chi connectivity index (χ3v) is 5.76. The average molecular weight is 433 g/mol. The minimum atomic E-state index is -3.74. The number of carbonyl (C=O) groups excluding carboxylic acids is 1. The molecule has 8 heteroatoms. The number of nitrogens with one attached hydrogen (secondary N) is 1. The summed E-state index contributed by atoms with van der Waals surface area (Å²) in [6.07, 6.45) is 1.03. The normalized spacial score (nSPS) is 11.3. The van der Waals surface area contributed by atoms with Crippen LogP contribution >= 0.6 is 11.6 Å². The second-order valence-corrected chi connectivity index (χ2v) is 8.89. The highest BCUT2D eigenvalue weighted by atomic mass is 35.5. The third kappa shape index (κ3) is 5.19. The van der Waals surface area contributed by atoms with Crippen molar-refractivity contribution in [2.75, 3.05) is 24.2 Å². The minimum absolute atomic E-state index is 0.211. The molecule has 1 amide bonds. The van der Waals surface area contributed by atoms with Crippen LogP contribution in [0.2, 0.25) is 5.02 Å². The molecule has 3 rings (SSSR count). The molecular formula is C21H21ClN2O4S. The molecule has 29 heavy (non-hydrogen) atoms. The molecule has 3 aromatic carbocycles. The molecule has 6 nitrogen and oxygen atoms in total. The molecule has 0 heterocycles. The molecule has 0 aromatic heterocycles. The first-order chi connectivity index (χ1) is 13.8. The molecule has 0 bridgehead atoms. The van der Waals surface area contributed by atoms with Gasteiger partial charge >= 0.3 is 0 Å². The summed E-state index contributed by atoms with van der Waals surface area (Å²) in [6, 6.07) is 18.4. The monoisotopic (exact) mass is 432 g/mol. The van der Waals surface area contributed by atoms with E-state index in [1.807, 2.05) is 42.5 Å². The zero-order valence-electron chi connectivity index (χ0n) is 16.1. The number of hydrogen-bond acceptors (Lipinski definition) is 4. The number of methoxy groups -OCH3 is 1. The van der Waals surface area contributed by atoms with Crippen LogP contribution in [0.15, 0.2) is 60.7 Å². The minimum Gasteiger partial charge on any atom is -0.495 e. The smallest absolute Gasteiger partial charge is 0.241 e. The van der Waals surface area contributed by atoms with Crippen molar-refractivity contribution in [3.05, 3.63) is 71.2 Å². The first kappa shape index (κ1) is 21.0. The van der Waals surface area contributed by atoms with Crippen LogP contribution in [0.25, 0.3) is 10.8 Å². The molecule has 3 aromatic rings. The van der Waals surface area contributed by atoms with Gasteiger partial charge in [-0.25, -0.2) is 8.42 Å². The van der Waals surface area contributed by atoms with Crippen molar-refractivity contribution in [1.29, 1.82) is 0 Å². The molecule has 0 spiro atoms. The summed E-state index contributed by atoms with van der Waals surface area (Å²) in [5.74, 6) is -0.132. The van der Waals surface area contributed by atoms with Crippen molar-refractivity contribution in [3.8, 4) is 5.75 Å². The number of ether oxygens (including phenoxy) is 1. The van der Waals surface area contributed by atoms with E-state index in [-0.39, 0.29) is 18.8 Å². The molecule has 0 fully saturated rings. The number of amides is 1. The predicted molar refractivity (Wildman–Crippen MR) is 116 cm³/mol. The number of benzene rings is 3. The van der Waals surface area contributed by atoms with Crippen molar-refractivity contribution in [2.45, 2.75) is 6.54 Å². The van der Waals surface area contributed by atoms with E-state index in [0.717, 1.165) is 26.9 Å². The molecule has 0 atom stereocenters. The van der Waals surface area contributed by atoms with E-state index in [9.17, 15) is 13.2 Å². The molecule has 0 radical (unpaired) electrons. The van der Waals surface area contributed by atoms with Gasteiger partial charge in [0.15, 0.2) is 0 Å². The van der Waals surface area contributed by atoms with Gasteiger partial charge in [0.25, 0.3) is 0 Å². The molecular weight excluding hydrogens is 412 g/mol. The molecule has 0 saturated heterocycles. The van der Waals surface area contributed by atoms with Crippen LogP contribution in [-0.2, 0) is 21.4 Å². The fourth-order valence-corrected chi connectivity index (χ4v) is 3.99. The Morgan fingerprint density at radius 2 is 1.79 bits per heavy atom. The Balaban J connectivity index is 1.76. The Bertz CT molecular complexity index is 1150. The molecule has 0 saturated carbocycles. The largest absolute Gasteiger partial charge is 0.495 e. The molecule has 0 aliphatic heterocycles. The van der Waals surface area contributed by atoms with Crippen molar-refractivity contribution >= 4 is 44.0 Å². The molecule has 0 aliphatic carbocycles. The van der Waals surface area contributed by atoms with E-state index in [4.69, 9.17) is 16.3 Å². The van der Waals surface area contributed by atoms with Crippen molar-refractivity contribution in [1.82, 2.24) is 5.32 Å². The standard InChI is InChI=1S/C21H21ClN2O4S/c1-28-20-10-9-18(22)12-19(20)24(29(2,26)27)14-21(25)23-13-15-7-8-16-5-3-4-6-17(16)11-15/h3-12H,13-14H2,1-2H3,(H,23,25). The quantitative estimate of drug-likeness (QED) is 0.619. The number of nitrogens with zero attached hydrogens (tertiary/aromatic N) is 1. The van der Waals surface area contributed by atoms with Crippen molar-refractivity contribution in [3.63, 3.8) is 0 Å². The van der Waals surface area contributed by atoms with Crippen LogP contribution in [0, 0.1) is 0 Å². The van der Waals surface area contributed by atoms with E-state index < -0.39 is 15.9 Å². The van der Waals surface area contributed by atoms with E-state index in [2.05, 4.69) is 5.32 Å². The molecule has 0 unspecified atom stereocenters. The first-order valence-corrected chi connectivity index (χ1v) is 11.1. The number of sulfonamides is 1. The predicted octanol–water partition coefficient (Wildman–Crippen LogP) is 3.58. The number of carbonyl (C=O) groups is 1. The lowest BCUT2D eigenvalue weighted by Gasteiger charge is -2.24. The van der Waals surface area contributed by atoms with Crippen LogP contribution in [0.4, 0.5) is 5.69 Å². The zero-order chi connectivity index (χ0) is 21.0. The summed E-state index contributed by atoms with van der Waals surface area (Å²) in [7, 11) is -2.32. The summed E-state index contributed by atoms with van der Waals surface area (Å²) in [4.78, 5) is 12.5. The summed E-state index contributed by atoms with van der Waals surface area (Å²) < 4.78 is 30.8. The van der Waals surface area contributed by atoms with E-state index in [1.54, 1.807) is 12.1 Å². The van der Waals surface area contributed by atoms with Crippen LogP contribution in [0.3, 0.4) is 0 Å². The van der Waals surface area contributed by atoms with Crippen LogP contribution in [0.1, 0.15) is 5.56 Å². The Labute approximate surface area is 175 Å². The Morgan fingerprint density at radius 3 is 2.48 bits per heavy atom. The highest BCUT2D eigenvalue weighted by Gasteiger charge is 2.24. The maximum atomic E-state index is 12.5. The molecule has 1 N–H and O–H groups in total. The lowest BCUT2D eigenvalue weighted by atomic mass is 10.1. The van der Waals surface area contributed by atoms with Gasteiger partial charge in [-0.1, -0.05) is 48.0 Å². The van der Waals surface area contributed by atoms with Crippen LogP contribution in [0.5, 0.6) is 5.75 Å². The van der Waals surface area contributed by atoms with Gasteiger partial charge in [-0.3, -0.25) is 9.10 Å². The number of hydrogen-bond donors (Lipinski definition) is 1. The number of halogens is 1. The fourth-order valence-electron chi connectivity index (χ4n) is 2.97. The van der Waals surface area contributed by atoms with Gasteiger partial charge in [-0.2, -0.15) is 0 Å². The number of anilines is 1. The SMILES string of the molecule is COc1ccc(Cl)cc1N(CC(=O)NCc1ccc2ccccc2c1)S(C)(=O)=O. The maximum Gasteiger partial charge on any atom is 0.241 e. The highest BCUT2D eigenvalue weighted by molar-refractivity contribution is 7.92. The highest BCUT2D eigenvalue weighted by Crippen LogP contribution is 2.32. The van der Waals surface area contributed by atoms with Gasteiger partial charge in [0.2, 0.25) is 15.9 Å². The first-order valence-electron chi connectivity index (χ1n) is 8.83. The van der Waals surface area contributed by atoms with Crippen LogP contribution in [-0.4, -0.2) is 34.2 Å². The summed E-state index contributed by atoms with van der Waals surface area (Å²) in [5, 5.41) is 5.29. The topological polar surface area (TPSA) is 75.7 Å². The molecule has 0 aliphatic rings. The van der Waals surface area contributed by atoms with Gasteiger partial charge in [-0.05, 0) is 40.6 Å². The number of rotatable bonds is 7. The second-order valence-electron chi connectivity index (χ2n) is 6.54. The summed E-state index contributed by atoms with van der Waals surface area (Å²) in [6.45, 7) is -0.100. The summed E-state index contributed by atoms with van der Waals surface area (Å²) >= 11 is 6.02. The van der Waals surface area contributed by atoms with Crippen LogP contribution < -0.4 is 14.4 Å². The van der Waals surface area contributed by atoms with Crippen molar-refractivity contribution in [2.24, 2.45) is 0 Å². The van der Waals surface area contributed by atoms with Gasteiger partial charge in [0.05, 0.1) is 19.1 Å². The van der Waals surface area contributed by atoms with Gasteiger partial charge in [0, 0.05) is 11.6 Å².